The molecular formula is C21H13F3N2O3S2. The number of hydrogen-bond donors (Lipinski definition) is 1. The van der Waals surface area contributed by atoms with Gasteiger partial charge < -0.3 is 0 Å². The lowest BCUT2D eigenvalue weighted by Gasteiger charge is -2.09. The molecule has 31 heavy (non-hydrogen) atoms. The number of pyridine rings is 1. The van der Waals surface area contributed by atoms with E-state index in [1.165, 1.54) is 24.3 Å². The lowest BCUT2D eigenvalue weighted by Crippen LogP contribution is -2.04. The molecule has 5 nitrogen and oxygen atoms in total. The zero-order valence-electron chi connectivity index (χ0n) is 15.8. The molecule has 4 rings (SSSR count). The molecular weight excluding hydrogens is 449 g/mol. The second-order valence-corrected chi connectivity index (χ2v) is 9.40. The number of benzene rings is 1. The van der Waals surface area contributed by atoms with Crippen LogP contribution in [0.5, 0.6) is 0 Å². The van der Waals surface area contributed by atoms with Crippen molar-refractivity contribution in [1.82, 2.24) is 9.38 Å². The minimum absolute atomic E-state index is 0.199. The maximum atomic E-state index is 12.8. The van der Waals surface area contributed by atoms with Crippen LogP contribution in [-0.2, 0) is 16.3 Å². The van der Waals surface area contributed by atoms with Crippen LogP contribution < -0.4 is 0 Å². The van der Waals surface area contributed by atoms with E-state index in [1.807, 2.05) is 13.0 Å². The Labute approximate surface area is 179 Å². The second-order valence-electron chi connectivity index (χ2n) is 6.67. The average molecular weight is 462 g/mol. The van der Waals surface area contributed by atoms with Crippen LogP contribution >= 0.6 is 11.3 Å². The quantitative estimate of drug-likeness (QED) is 0.335. The number of alkyl halides is 3. The molecule has 0 unspecified atom stereocenters. The maximum Gasteiger partial charge on any atom is 0.416 e. The largest absolute Gasteiger partial charge is 0.416 e. The van der Waals surface area contributed by atoms with E-state index in [0.29, 0.717) is 27.3 Å². The predicted octanol–water partition coefficient (Wildman–Crippen LogP) is 5.04. The summed E-state index contributed by atoms with van der Waals surface area (Å²) in [6.45, 7) is 1.84. The normalized spacial score (nSPS) is 12.0. The fourth-order valence-electron chi connectivity index (χ4n) is 3.01. The molecule has 3 aromatic heterocycles. The van der Waals surface area contributed by atoms with Crippen molar-refractivity contribution in [1.29, 1.82) is 0 Å². The SMILES string of the molecule is Cc1cc(-c2ccc(C(F)(F)F)cc2)cn2c(C#Cc3ccc(S(=O)(=O)O)s3)cnc12. The van der Waals surface area contributed by atoms with Crippen molar-refractivity contribution in [3.05, 3.63) is 76.6 Å². The van der Waals surface area contributed by atoms with E-state index in [1.54, 1.807) is 16.8 Å². The van der Waals surface area contributed by atoms with Gasteiger partial charge in [0.25, 0.3) is 0 Å². The van der Waals surface area contributed by atoms with Crippen LogP contribution in [0.4, 0.5) is 13.2 Å². The molecule has 0 radical (unpaired) electrons. The Hall–Kier alpha value is -3.13. The van der Waals surface area contributed by atoms with Crippen molar-refractivity contribution in [2.75, 3.05) is 0 Å². The molecule has 0 saturated carbocycles. The third-order valence-corrected chi connectivity index (χ3v) is 6.81. The first-order chi connectivity index (χ1) is 14.5. The molecule has 3 heterocycles. The Morgan fingerprint density at radius 2 is 1.77 bits per heavy atom. The van der Waals surface area contributed by atoms with Gasteiger partial charge in [-0.3, -0.25) is 8.95 Å². The smallest absolute Gasteiger partial charge is 0.292 e. The average Bonchev–Trinajstić information content (AvgIpc) is 3.33. The van der Waals surface area contributed by atoms with Crippen LogP contribution in [-0.4, -0.2) is 22.4 Å². The van der Waals surface area contributed by atoms with Gasteiger partial charge in [-0.15, -0.1) is 11.3 Å². The molecule has 0 aliphatic heterocycles. The van der Waals surface area contributed by atoms with Gasteiger partial charge in [0.2, 0.25) is 0 Å². The van der Waals surface area contributed by atoms with Crippen LogP contribution in [0.1, 0.15) is 21.7 Å². The molecule has 0 atom stereocenters. The van der Waals surface area contributed by atoms with Gasteiger partial charge in [0.05, 0.1) is 16.6 Å². The number of rotatable bonds is 2. The number of fused-ring (bicyclic) bond motifs is 1. The standard InChI is InChI=1S/C21H13F3N2O3S2/c1-13-10-15(14-2-4-16(5-3-14)21(22,23)24)12-26-17(11-25-20(13)26)6-7-18-8-9-19(30-18)31(27,28)29/h2-5,8-12H,1H3,(H,27,28,29). The van der Waals surface area contributed by atoms with Crippen LogP contribution in [0.2, 0.25) is 0 Å². The summed E-state index contributed by atoms with van der Waals surface area (Å²) in [4.78, 5) is 4.78. The fourth-order valence-corrected chi connectivity index (χ4v) is 4.53. The number of aryl methyl sites for hydroxylation is 1. The first-order valence-corrected chi connectivity index (χ1v) is 11.0. The summed E-state index contributed by atoms with van der Waals surface area (Å²) in [5.74, 6) is 5.76. The van der Waals surface area contributed by atoms with Crippen LogP contribution in [0.15, 0.2) is 59.1 Å². The van der Waals surface area contributed by atoms with E-state index in [2.05, 4.69) is 16.8 Å². The lowest BCUT2D eigenvalue weighted by atomic mass is 10.0. The van der Waals surface area contributed by atoms with E-state index in [9.17, 15) is 21.6 Å². The Morgan fingerprint density at radius 1 is 1.06 bits per heavy atom. The van der Waals surface area contributed by atoms with Crippen molar-refractivity contribution < 1.29 is 26.1 Å². The van der Waals surface area contributed by atoms with Gasteiger partial charge in [0.1, 0.15) is 15.6 Å². The fraction of sp³-hybridized carbons (Fsp3) is 0.0952. The predicted molar refractivity (Wildman–Crippen MR) is 110 cm³/mol. The van der Waals surface area contributed by atoms with Gasteiger partial charge in [-0.25, -0.2) is 4.98 Å². The Kier molecular flexibility index (Phi) is 5.13. The van der Waals surface area contributed by atoms with Gasteiger partial charge in [0, 0.05) is 6.20 Å². The van der Waals surface area contributed by atoms with Crippen molar-refractivity contribution in [2.45, 2.75) is 17.3 Å². The minimum Gasteiger partial charge on any atom is -0.292 e. The molecule has 0 saturated heterocycles. The van der Waals surface area contributed by atoms with Crippen molar-refractivity contribution in [2.24, 2.45) is 0 Å². The molecule has 158 valence electrons. The van der Waals surface area contributed by atoms with E-state index in [4.69, 9.17) is 4.55 Å². The minimum atomic E-state index is -4.40. The third kappa shape index (κ3) is 4.34. The van der Waals surface area contributed by atoms with Crippen LogP contribution in [0.3, 0.4) is 0 Å². The molecule has 4 aromatic rings. The first-order valence-electron chi connectivity index (χ1n) is 8.77. The highest BCUT2D eigenvalue weighted by molar-refractivity contribution is 7.88. The first kappa shape index (κ1) is 21.1. The van der Waals surface area contributed by atoms with Crippen LogP contribution in [0.25, 0.3) is 16.8 Å². The summed E-state index contributed by atoms with van der Waals surface area (Å²) < 4.78 is 71.4. The number of hydrogen-bond acceptors (Lipinski definition) is 4. The summed E-state index contributed by atoms with van der Waals surface area (Å²) in [5, 5.41) is 0. The number of aromatic nitrogens is 2. The van der Waals surface area contributed by atoms with E-state index in [-0.39, 0.29) is 4.21 Å². The van der Waals surface area contributed by atoms with Crippen molar-refractivity contribution >= 4 is 27.1 Å². The highest BCUT2D eigenvalue weighted by Gasteiger charge is 2.30. The van der Waals surface area contributed by atoms with Crippen molar-refractivity contribution in [3.8, 4) is 23.0 Å². The third-order valence-electron chi connectivity index (χ3n) is 4.48. The van der Waals surface area contributed by atoms with E-state index in [0.717, 1.165) is 29.0 Å². The highest BCUT2D eigenvalue weighted by atomic mass is 32.3. The number of halogens is 3. The van der Waals surface area contributed by atoms with Gasteiger partial charge in [-0.1, -0.05) is 12.1 Å². The van der Waals surface area contributed by atoms with Gasteiger partial charge >= 0.3 is 16.3 Å². The zero-order chi connectivity index (χ0) is 22.4. The molecule has 0 aliphatic carbocycles. The van der Waals surface area contributed by atoms with E-state index < -0.39 is 21.9 Å². The molecule has 0 bridgehead atoms. The van der Waals surface area contributed by atoms with Gasteiger partial charge in [-0.05, 0) is 65.8 Å². The highest BCUT2D eigenvalue weighted by Crippen LogP contribution is 2.31. The summed E-state index contributed by atoms with van der Waals surface area (Å²) in [6, 6.07) is 9.48. The monoisotopic (exact) mass is 462 g/mol. The van der Waals surface area contributed by atoms with Gasteiger partial charge in [0.15, 0.2) is 0 Å². The Bertz CT molecular complexity index is 1460. The molecule has 0 fully saturated rings. The number of nitrogens with zero attached hydrogens (tertiary/aromatic N) is 2. The Morgan fingerprint density at radius 3 is 2.39 bits per heavy atom. The summed E-state index contributed by atoms with van der Waals surface area (Å²) >= 11 is 0.840. The number of thiophene rings is 1. The molecule has 1 aromatic carbocycles. The topological polar surface area (TPSA) is 71.7 Å². The molecule has 10 heteroatoms. The van der Waals surface area contributed by atoms with Crippen molar-refractivity contribution in [3.63, 3.8) is 0 Å². The number of imidazole rings is 1. The Balaban J connectivity index is 1.73. The van der Waals surface area contributed by atoms with E-state index >= 15 is 0 Å². The molecule has 0 amide bonds. The van der Waals surface area contributed by atoms with Gasteiger partial charge in [-0.2, -0.15) is 21.6 Å². The summed E-state index contributed by atoms with van der Waals surface area (Å²) in [6.07, 6.45) is -1.11. The zero-order valence-corrected chi connectivity index (χ0v) is 17.4. The molecule has 1 N–H and O–H groups in total. The summed E-state index contributed by atoms with van der Waals surface area (Å²) in [5.41, 5.74) is 2.57. The summed E-state index contributed by atoms with van der Waals surface area (Å²) in [7, 11) is -4.28. The maximum absolute atomic E-state index is 12.8. The van der Waals surface area contributed by atoms with Crippen LogP contribution in [0, 0.1) is 18.8 Å². The second kappa shape index (κ2) is 7.53. The molecule has 0 aliphatic rings. The molecule has 0 spiro atoms. The lowest BCUT2D eigenvalue weighted by molar-refractivity contribution is -0.137.